The Kier molecular flexibility index (Phi) is 4.22. The van der Waals surface area contributed by atoms with Crippen LogP contribution < -0.4 is 10.5 Å². The van der Waals surface area contributed by atoms with Crippen molar-refractivity contribution in [2.45, 2.75) is 11.8 Å². The number of nitrogen functional groups attached to an aromatic ring is 1. The molecule has 0 aliphatic carbocycles. The number of aryl methyl sites for hydroxylation is 1. The molecule has 0 spiro atoms. The first-order valence-corrected chi connectivity index (χ1v) is 8.15. The Bertz CT molecular complexity index is 765. The van der Waals surface area contributed by atoms with E-state index in [4.69, 9.17) is 17.3 Å². The van der Waals surface area contributed by atoms with Crippen LogP contribution >= 0.6 is 27.5 Å². The lowest BCUT2D eigenvalue weighted by Gasteiger charge is -2.12. The highest BCUT2D eigenvalue weighted by Crippen LogP contribution is 2.32. The molecule has 0 saturated carbocycles. The van der Waals surface area contributed by atoms with E-state index in [9.17, 15) is 8.42 Å². The quantitative estimate of drug-likeness (QED) is 0.806. The van der Waals surface area contributed by atoms with Gasteiger partial charge in [-0.25, -0.2) is 13.4 Å². The van der Waals surface area contributed by atoms with Gasteiger partial charge in [-0.2, -0.15) is 0 Å². The monoisotopic (exact) mass is 375 g/mol. The highest BCUT2D eigenvalue weighted by Gasteiger charge is 2.21. The molecule has 0 amide bonds. The number of benzene rings is 1. The molecule has 0 aliphatic rings. The van der Waals surface area contributed by atoms with Gasteiger partial charge >= 0.3 is 0 Å². The van der Waals surface area contributed by atoms with Crippen molar-refractivity contribution in [3.63, 3.8) is 0 Å². The molecule has 1 aromatic heterocycles. The number of nitrogens with one attached hydrogen (secondary N) is 1. The Hall–Kier alpha value is -1.31. The molecule has 2 rings (SSSR count). The molecule has 106 valence electrons. The molecular formula is C12H11BrClN3O2S. The zero-order valence-electron chi connectivity index (χ0n) is 10.4. The summed E-state index contributed by atoms with van der Waals surface area (Å²) in [7, 11) is -3.84. The number of aromatic nitrogens is 1. The van der Waals surface area contributed by atoms with Crippen molar-refractivity contribution in [1.82, 2.24) is 4.98 Å². The fraction of sp³-hybridized carbons (Fsp3) is 0.0833. The van der Waals surface area contributed by atoms with Gasteiger partial charge in [0.25, 0.3) is 10.0 Å². The summed E-state index contributed by atoms with van der Waals surface area (Å²) in [6.45, 7) is 1.76. The van der Waals surface area contributed by atoms with Gasteiger partial charge < -0.3 is 5.73 Å². The van der Waals surface area contributed by atoms with Crippen LogP contribution in [0, 0.1) is 6.92 Å². The maximum Gasteiger partial charge on any atom is 0.264 e. The normalized spacial score (nSPS) is 11.3. The third kappa shape index (κ3) is 3.05. The smallest absolute Gasteiger partial charge is 0.264 e. The highest BCUT2D eigenvalue weighted by molar-refractivity contribution is 9.10. The molecule has 0 unspecified atom stereocenters. The fourth-order valence-electron chi connectivity index (χ4n) is 1.55. The van der Waals surface area contributed by atoms with Gasteiger partial charge in [0.05, 0.1) is 4.47 Å². The summed E-state index contributed by atoms with van der Waals surface area (Å²) in [5.74, 6) is 0.262. The Morgan fingerprint density at radius 2 is 2.10 bits per heavy atom. The molecule has 8 heteroatoms. The number of rotatable bonds is 3. The van der Waals surface area contributed by atoms with Crippen molar-refractivity contribution in [1.29, 1.82) is 0 Å². The second kappa shape index (κ2) is 5.59. The second-order valence-corrected chi connectivity index (χ2v) is 6.96. The van der Waals surface area contributed by atoms with E-state index in [0.717, 1.165) is 0 Å². The number of nitrogens with two attached hydrogens (primary N) is 1. The first-order chi connectivity index (χ1) is 9.31. The topological polar surface area (TPSA) is 85.1 Å². The van der Waals surface area contributed by atoms with E-state index in [-0.39, 0.29) is 25.9 Å². The van der Waals surface area contributed by atoms with Crippen molar-refractivity contribution in [2.24, 2.45) is 0 Å². The van der Waals surface area contributed by atoms with E-state index < -0.39 is 10.0 Å². The summed E-state index contributed by atoms with van der Waals surface area (Å²) in [5, 5.41) is 0.240. The number of sulfonamides is 1. The van der Waals surface area contributed by atoms with Crippen LogP contribution in [0.15, 0.2) is 39.8 Å². The van der Waals surface area contributed by atoms with Gasteiger partial charge in [0, 0.05) is 16.9 Å². The van der Waals surface area contributed by atoms with E-state index in [0.29, 0.717) is 5.56 Å². The lowest BCUT2D eigenvalue weighted by atomic mass is 10.3. The molecule has 1 aromatic carbocycles. The number of anilines is 2. The van der Waals surface area contributed by atoms with Gasteiger partial charge in [-0.15, -0.1) is 0 Å². The van der Waals surface area contributed by atoms with E-state index >= 15 is 0 Å². The Morgan fingerprint density at radius 1 is 1.40 bits per heavy atom. The van der Waals surface area contributed by atoms with Crippen LogP contribution in [-0.4, -0.2) is 13.4 Å². The summed E-state index contributed by atoms with van der Waals surface area (Å²) < 4.78 is 27.4. The first kappa shape index (κ1) is 15.1. The van der Waals surface area contributed by atoms with Crippen molar-refractivity contribution in [3.05, 3.63) is 45.5 Å². The standard InChI is InChI=1S/C12H11BrClN3O2S/c1-7-3-2-4-16-12(7)17-20(18,19)10-6-8(14)5-9(15)11(10)13/h2-6H,15H2,1H3,(H,16,17). The predicted molar refractivity (Wildman–Crippen MR) is 83.3 cm³/mol. The van der Waals surface area contributed by atoms with Crippen LogP contribution in [-0.2, 0) is 10.0 Å². The average molecular weight is 377 g/mol. The molecule has 0 atom stereocenters. The van der Waals surface area contributed by atoms with Crippen LogP contribution in [0.5, 0.6) is 0 Å². The third-order valence-corrected chi connectivity index (χ3v) is 5.29. The van der Waals surface area contributed by atoms with Crippen LogP contribution in [0.1, 0.15) is 5.56 Å². The molecule has 0 radical (unpaired) electrons. The van der Waals surface area contributed by atoms with E-state index in [1.807, 2.05) is 0 Å². The molecular weight excluding hydrogens is 366 g/mol. The van der Waals surface area contributed by atoms with Gasteiger partial charge in [-0.05, 0) is 46.6 Å². The molecule has 3 N–H and O–H groups in total. The van der Waals surface area contributed by atoms with Crippen LogP contribution in [0.4, 0.5) is 11.5 Å². The van der Waals surface area contributed by atoms with E-state index in [1.165, 1.54) is 18.3 Å². The lowest BCUT2D eigenvalue weighted by Crippen LogP contribution is -2.16. The summed E-state index contributed by atoms with van der Waals surface area (Å²) in [6.07, 6.45) is 1.51. The molecule has 0 aliphatic heterocycles. The highest BCUT2D eigenvalue weighted by atomic mass is 79.9. The summed E-state index contributed by atoms with van der Waals surface area (Å²) in [5.41, 5.74) is 6.66. The van der Waals surface area contributed by atoms with Gasteiger partial charge in [-0.3, -0.25) is 4.72 Å². The van der Waals surface area contributed by atoms with Gasteiger partial charge in [0.1, 0.15) is 10.7 Å². The van der Waals surface area contributed by atoms with Crippen LogP contribution in [0.25, 0.3) is 0 Å². The van der Waals surface area contributed by atoms with Crippen molar-refractivity contribution >= 4 is 49.1 Å². The maximum absolute atomic E-state index is 12.4. The molecule has 0 fully saturated rings. The van der Waals surface area contributed by atoms with Crippen LogP contribution in [0.3, 0.4) is 0 Å². The number of hydrogen-bond donors (Lipinski definition) is 2. The van der Waals surface area contributed by atoms with E-state index in [2.05, 4.69) is 25.6 Å². The minimum atomic E-state index is -3.84. The summed E-state index contributed by atoms with van der Waals surface area (Å²) >= 11 is 9.01. The number of pyridine rings is 1. The van der Waals surface area contributed by atoms with Gasteiger partial charge in [0.15, 0.2) is 0 Å². The minimum Gasteiger partial charge on any atom is -0.398 e. The Balaban J connectivity index is 2.49. The Labute approximate surface area is 130 Å². The molecule has 5 nitrogen and oxygen atoms in total. The predicted octanol–water partition coefficient (Wildman–Crippen LogP) is 3.19. The SMILES string of the molecule is Cc1cccnc1NS(=O)(=O)c1cc(Cl)cc(N)c1Br. The lowest BCUT2D eigenvalue weighted by molar-refractivity contribution is 0.600. The molecule has 0 bridgehead atoms. The molecule has 2 aromatic rings. The number of hydrogen-bond acceptors (Lipinski definition) is 4. The zero-order chi connectivity index (χ0) is 14.9. The van der Waals surface area contributed by atoms with Crippen LogP contribution in [0.2, 0.25) is 5.02 Å². The van der Waals surface area contributed by atoms with Crippen molar-refractivity contribution < 1.29 is 8.42 Å². The molecule has 20 heavy (non-hydrogen) atoms. The minimum absolute atomic E-state index is 0.0347. The van der Waals surface area contributed by atoms with Gasteiger partial charge in [0.2, 0.25) is 0 Å². The summed E-state index contributed by atoms with van der Waals surface area (Å²) in [4.78, 5) is 3.96. The van der Waals surface area contributed by atoms with Crippen molar-refractivity contribution in [2.75, 3.05) is 10.5 Å². The van der Waals surface area contributed by atoms with E-state index in [1.54, 1.807) is 19.1 Å². The summed E-state index contributed by atoms with van der Waals surface area (Å²) in [6, 6.07) is 6.27. The number of nitrogens with zero attached hydrogens (tertiary/aromatic N) is 1. The average Bonchev–Trinajstić information content (AvgIpc) is 2.36. The van der Waals surface area contributed by atoms with Crippen molar-refractivity contribution in [3.8, 4) is 0 Å². The first-order valence-electron chi connectivity index (χ1n) is 5.50. The fourth-order valence-corrected chi connectivity index (χ4v) is 3.93. The largest absolute Gasteiger partial charge is 0.398 e. The second-order valence-electron chi connectivity index (χ2n) is 4.08. The molecule has 0 saturated heterocycles. The molecule has 1 heterocycles. The number of halogens is 2. The maximum atomic E-state index is 12.4. The Morgan fingerprint density at radius 3 is 2.75 bits per heavy atom. The zero-order valence-corrected chi connectivity index (χ0v) is 13.6. The van der Waals surface area contributed by atoms with Gasteiger partial charge in [-0.1, -0.05) is 17.7 Å². The third-order valence-electron chi connectivity index (χ3n) is 2.56.